The molecule has 29 heavy (non-hydrogen) atoms. The molecule has 152 valence electrons. The third-order valence-corrected chi connectivity index (χ3v) is 4.89. The van der Waals surface area contributed by atoms with Crippen LogP contribution in [0.1, 0.15) is 18.9 Å². The van der Waals surface area contributed by atoms with Crippen LogP contribution in [0.2, 0.25) is 0 Å². The van der Waals surface area contributed by atoms with Gasteiger partial charge < -0.3 is 19.5 Å². The zero-order valence-corrected chi connectivity index (χ0v) is 16.3. The van der Waals surface area contributed by atoms with Gasteiger partial charge in [0, 0.05) is 6.04 Å². The minimum atomic E-state index is -0.208. The van der Waals surface area contributed by atoms with Crippen LogP contribution in [0.15, 0.2) is 42.5 Å². The van der Waals surface area contributed by atoms with Crippen molar-refractivity contribution >= 4 is 17.5 Å². The molecule has 4 rings (SSSR count). The SMILES string of the molecule is C[C@H](Cc1ccc2c(c1)OCCO2)NC(=O)CN1C(=O)CCOc2ccccc21. The molecule has 7 heteroatoms. The van der Waals surface area contributed by atoms with Crippen molar-refractivity contribution in [3.8, 4) is 17.2 Å². The summed E-state index contributed by atoms with van der Waals surface area (Å²) in [5, 5.41) is 2.98. The fraction of sp³-hybridized carbons (Fsp3) is 0.364. The molecule has 0 aliphatic carbocycles. The maximum Gasteiger partial charge on any atom is 0.240 e. The lowest BCUT2D eigenvalue weighted by molar-refractivity contribution is -0.124. The van der Waals surface area contributed by atoms with E-state index in [2.05, 4.69) is 5.32 Å². The Morgan fingerprint density at radius 1 is 1.03 bits per heavy atom. The van der Waals surface area contributed by atoms with E-state index in [9.17, 15) is 9.59 Å². The van der Waals surface area contributed by atoms with E-state index in [1.54, 1.807) is 6.07 Å². The van der Waals surface area contributed by atoms with Crippen molar-refractivity contribution in [3.63, 3.8) is 0 Å². The summed E-state index contributed by atoms with van der Waals surface area (Å²) >= 11 is 0. The average molecular weight is 396 g/mol. The molecule has 0 unspecified atom stereocenters. The number of hydrogen-bond acceptors (Lipinski definition) is 5. The van der Waals surface area contributed by atoms with Crippen LogP contribution in [0.5, 0.6) is 17.2 Å². The highest BCUT2D eigenvalue weighted by Gasteiger charge is 2.25. The van der Waals surface area contributed by atoms with Crippen LogP contribution in [-0.2, 0) is 16.0 Å². The minimum absolute atomic E-state index is 0.0370. The molecule has 2 heterocycles. The van der Waals surface area contributed by atoms with Crippen LogP contribution in [0, 0.1) is 0 Å². The topological polar surface area (TPSA) is 77.1 Å². The molecule has 0 aromatic heterocycles. The first-order chi connectivity index (χ1) is 14.1. The first-order valence-electron chi connectivity index (χ1n) is 9.80. The molecule has 2 amide bonds. The first-order valence-corrected chi connectivity index (χ1v) is 9.80. The third kappa shape index (κ3) is 4.45. The number of hydrogen-bond donors (Lipinski definition) is 1. The van der Waals surface area contributed by atoms with Crippen molar-refractivity contribution in [2.75, 3.05) is 31.3 Å². The quantitative estimate of drug-likeness (QED) is 0.839. The van der Waals surface area contributed by atoms with E-state index < -0.39 is 0 Å². The maximum atomic E-state index is 12.6. The van der Waals surface area contributed by atoms with Gasteiger partial charge in [0.25, 0.3) is 0 Å². The van der Waals surface area contributed by atoms with E-state index >= 15 is 0 Å². The van der Waals surface area contributed by atoms with Crippen LogP contribution in [0.3, 0.4) is 0 Å². The minimum Gasteiger partial charge on any atom is -0.491 e. The molecule has 0 radical (unpaired) electrons. The van der Waals surface area contributed by atoms with Gasteiger partial charge in [-0.15, -0.1) is 0 Å². The van der Waals surface area contributed by atoms with Crippen LogP contribution < -0.4 is 24.4 Å². The standard InChI is InChI=1S/C22H24N2O5/c1-15(12-16-6-7-19-20(13-16)29-11-10-28-19)23-21(25)14-24-17-4-2-3-5-18(17)27-9-8-22(24)26/h2-7,13,15H,8-12,14H2,1H3,(H,23,25)/t15-/m1/s1. The second kappa shape index (κ2) is 8.43. The summed E-state index contributed by atoms with van der Waals surface area (Å²) in [7, 11) is 0. The van der Waals surface area contributed by atoms with Gasteiger partial charge in [-0.25, -0.2) is 0 Å². The lowest BCUT2D eigenvalue weighted by atomic mass is 10.1. The molecule has 2 aliphatic heterocycles. The number of nitrogens with one attached hydrogen (secondary N) is 1. The zero-order valence-electron chi connectivity index (χ0n) is 16.3. The Hall–Kier alpha value is -3.22. The summed E-state index contributed by atoms with van der Waals surface area (Å²) in [5.74, 6) is 1.77. The smallest absolute Gasteiger partial charge is 0.240 e. The molecule has 0 fully saturated rings. The van der Waals surface area contributed by atoms with Crippen LogP contribution in [0.25, 0.3) is 0 Å². The zero-order chi connectivity index (χ0) is 20.2. The highest BCUT2D eigenvalue weighted by atomic mass is 16.6. The second-order valence-corrected chi connectivity index (χ2v) is 7.20. The van der Waals surface area contributed by atoms with Gasteiger partial charge >= 0.3 is 0 Å². The molecule has 1 atom stereocenters. The number of anilines is 1. The molecule has 0 spiro atoms. The molecule has 7 nitrogen and oxygen atoms in total. The van der Waals surface area contributed by atoms with Gasteiger partial charge in [0.2, 0.25) is 11.8 Å². The number of ether oxygens (including phenoxy) is 3. The monoisotopic (exact) mass is 396 g/mol. The largest absolute Gasteiger partial charge is 0.491 e. The highest BCUT2D eigenvalue weighted by molar-refractivity contribution is 6.00. The number of benzene rings is 2. The molecule has 2 aromatic carbocycles. The number of para-hydroxylation sites is 2. The lowest BCUT2D eigenvalue weighted by Gasteiger charge is -2.23. The van der Waals surface area contributed by atoms with Crippen LogP contribution in [0.4, 0.5) is 5.69 Å². The predicted molar refractivity (Wildman–Crippen MR) is 108 cm³/mol. The summed E-state index contributed by atoms with van der Waals surface area (Å²) < 4.78 is 16.8. The fourth-order valence-corrected chi connectivity index (χ4v) is 3.58. The number of amides is 2. The number of carbonyl (C=O) groups is 2. The predicted octanol–water partition coefficient (Wildman–Crippen LogP) is 2.32. The highest BCUT2D eigenvalue weighted by Crippen LogP contribution is 2.32. The summed E-state index contributed by atoms with van der Waals surface area (Å²) in [6, 6.07) is 13.0. The Morgan fingerprint density at radius 2 is 1.79 bits per heavy atom. The Bertz CT molecular complexity index is 914. The van der Waals surface area contributed by atoms with Crippen molar-refractivity contribution in [2.45, 2.75) is 25.8 Å². The van der Waals surface area contributed by atoms with E-state index in [1.807, 2.05) is 43.3 Å². The van der Waals surface area contributed by atoms with Crippen molar-refractivity contribution < 1.29 is 23.8 Å². The van der Waals surface area contributed by atoms with Gasteiger partial charge in [0.1, 0.15) is 25.5 Å². The van der Waals surface area contributed by atoms with Gasteiger partial charge in [-0.3, -0.25) is 14.5 Å². The Kier molecular flexibility index (Phi) is 5.55. The van der Waals surface area contributed by atoms with Gasteiger partial charge in [-0.2, -0.15) is 0 Å². The molecule has 2 aliphatic rings. The van der Waals surface area contributed by atoms with E-state index in [0.717, 1.165) is 17.1 Å². The van der Waals surface area contributed by atoms with Crippen molar-refractivity contribution in [1.82, 2.24) is 5.32 Å². The number of carbonyl (C=O) groups excluding carboxylic acids is 2. The summed E-state index contributed by atoms with van der Waals surface area (Å²) in [6.07, 6.45) is 0.894. The molecular formula is C22H24N2O5. The van der Waals surface area contributed by atoms with Crippen LogP contribution in [-0.4, -0.2) is 44.2 Å². The Balaban J connectivity index is 1.38. The molecule has 0 bridgehead atoms. The maximum absolute atomic E-state index is 12.6. The first kappa shape index (κ1) is 19.1. The van der Waals surface area contributed by atoms with Crippen molar-refractivity contribution in [3.05, 3.63) is 48.0 Å². The number of rotatable bonds is 5. The third-order valence-electron chi connectivity index (χ3n) is 4.89. The Labute approximate surface area is 169 Å². The molecular weight excluding hydrogens is 372 g/mol. The summed E-state index contributed by atoms with van der Waals surface area (Å²) in [4.78, 5) is 26.6. The Morgan fingerprint density at radius 3 is 2.66 bits per heavy atom. The van der Waals surface area contributed by atoms with E-state index in [1.165, 1.54) is 4.90 Å². The molecule has 0 saturated heterocycles. The van der Waals surface area contributed by atoms with Crippen molar-refractivity contribution in [2.24, 2.45) is 0 Å². The fourth-order valence-electron chi connectivity index (χ4n) is 3.58. The molecule has 0 saturated carbocycles. The summed E-state index contributed by atoms with van der Waals surface area (Å²) in [5.41, 5.74) is 1.68. The van der Waals surface area contributed by atoms with Gasteiger partial charge in [0.05, 0.1) is 18.7 Å². The molecule has 2 aromatic rings. The lowest BCUT2D eigenvalue weighted by Crippen LogP contribution is -2.44. The number of fused-ring (bicyclic) bond motifs is 2. The van der Waals surface area contributed by atoms with Crippen LogP contribution >= 0.6 is 0 Å². The van der Waals surface area contributed by atoms with E-state index in [0.29, 0.717) is 37.7 Å². The van der Waals surface area contributed by atoms with Gasteiger partial charge in [-0.05, 0) is 43.2 Å². The normalized spacial score (nSPS) is 16.3. The van der Waals surface area contributed by atoms with E-state index in [4.69, 9.17) is 14.2 Å². The molecule has 1 N–H and O–H groups in total. The van der Waals surface area contributed by atoms with Gasteiger partial charge in [-0.1, -0.05) is 18.2 Å². The second-order valence-electron chi connectivity index (χ2n) is 7.20. The van der Waals surface area contributed by atoms with E-state index in [-0.39, 0.29) is 30.8 Å². The average Bonchev–Trinajstić information content (AvgIpc) is 2.87. The number of nitrogens with zero attached hydrogens (tertiary/aromatic N) is 1. The van der Waals surface area contributed by atoms with Gasteiger partial charge in [0.15, 0.2) is 11.5 Å². The van der Waals surface area contributed by atoms with Crippen molar-refractivity contribution in [1.29, 1.82) is 0 Å². The summed E-state index contributed by atoms with van der Waals surface area (Å²) in [6.45, 7) is 3.31.